The first-order valence-electron chi connectivity index (χ1n) is 8.27. The summed E-state index contributed by atoms with van der Waals surface area (Å²) in [5.74, 6) is 1.62. The molecule has 8 heteroatoms. The smallest absolute Gasteiger partial charge is 0.277 e. The third-order valence-electron chi connectivity index (χ3n) is 4.05. The molecule has 0 aromatic heterocycles. The first kappa shape index (κ1) is 16.9. The zero-order valence-corrected chi connectivity index (χ0v) is 14.2. The highest BCUT2D eigenvalue weighted by atomic mass is 16.7. The SMILES string of the molecule is O=C1C=C(Nc2ccc(Oc3ccc4c(c3)OCO4)cc2)C(=O)N1CCO. The van der Waals surface area contributed by atoms with Crippen molar-refractivity contribution >= 4 is 17.5 Å². The number of ether oxygens (including phenoxy) is 3. The van der Waals surface area contributed by atoms with Gasteiger partial charge in [0.1, 0.15) is 17.2 Å². The monoisotopic (exact) mass is 368 g/mol. The summed E-state index contributed by atoms with van der Waals surface area (Å²) in [4.78, 5) is 24.9. The summed E-state index contributed by atoms with van der Waals surface area (Å²) in [5.41, 5.74) is 0.796. The number of hydrogen-bond acceptors (Lipinski definition) is 7. The first-order valence-corrected chi connectivity index (χ1v) is 8.27. The van der Waals surface area contributed by atoms with E-state index in [1.54, 1.807) is 42.5 Å². The van der Waals surface area contributed by atoms with Crippen LogP contribution in [-0.4, -0.2) is 41.8 Å². The van der Waals surface area contributed by atoms with Crippen LogP contribution in [0.25, 0.3) is 0 Å². The van der Waals surface area contributed by atoms with Gasteiger partial charge in [-0.2, -0.15) is 0 Å². The summed E-state index contributed by atoms with van der Waals surface area (Å²) >= 11 is 0. The van der Waals surface area contributed by atoms with Crippen LogP contribution in [-0.2, 0) is 9.59 Å². The molecule has 2 amide bonds. The van der Waals surface area contributed by atoms with Crippen molar-refractivity contribution in [1.29, 1.82) is 0 Å². The van der Waals surface area contributed by atoms with Gasteiger partial charge in [-0.25, -0.2) is 0 Å². The van der Waals surface area contributed by atoms with Gasteiger partial charge in [-0.3, -0.25) is 14.5 Å². The standard InChI is InChI=1S/C19H16N2O6/c22-8-7-21-18(23)10-15(19(21)24)20-12-1-3-13(4-2-12)27-14-5-6-16-17(9-14)26-11-25-16/h1-6,9-10,20,22H,7-8,11H2. The van der Waals surface area contributed by atoms with Crippen molar-refractivity contribution in [3.8, 4) is 23.0 Å². The maximum Gasteiger partial charge on any atom is 0.277 e. The number of aliphatic hydroxyl groups is 1. The third-order valence-corrected chi connectivity index (χ3v) is 4.05. The Morgan fingerprint density at radius 2 is 1.78 bits per heavy atom. The summed E-state index contributed by atoms with van der Waals surface area (Å²) in [7, 11) is 0. The van der Waals surface area contributed by atoms with E-state index in [4.69, 9.17) is 19.3 Å². The van der Waals surface area contributed by atoms with Gasteiger partial charge < -0.3 is 24.6 Å². The van der Waals surface area contributed by atoms with Crippen LogP contribution in [0, 0.1) is 0 Å². The molecule has 2 aliphatic heterocycles. The minimum absolute atomic E-state index is 0.0261. The molecule has 4 rings (SSSR count). The Bertz CT molecular complexity index is 922. The van der Waals surface area contributed by atoms with E-state index >= 15 is 0 Å². The second kappa shape index (κ2) is 7.00. The Morgan fingerprint density at radius 3 is 2.56 bits per heavy atom. The van der Waals surface area contributed by atoms with E-state index in [2.05, 4.69) is 5.32 Å². The van der Waals surface area contributed by atoms with Gasteiger partial charge in [-0.15, -0.1) is 0 Å². The molecule has 0 saturated carbocycles. The Kier molecular flexibility index (Phi) is 4.39. The van der Waals surface area contributed by atoms with Crippen molar-refractivity contribution in [2.45, 2.75) is 0 Å². The summed E-state index contributed by atoms with van der Waals surface area (Å²) < 4.78 is 16.4. The second-order valence-electron chi connectivity index (χ2n) is 5.84. The predicted molar refractivity (Wildman–Crippen MR) is 94.6 cm³/mol. The van der Waals surface area contributed by atoms with Gasteiger partial charge >= 0.3 is 0 Å². The second-order valence-corrected chi connectivity index (χ2v) is 5.84. The molecule has 0 spiro atoms. The first-order chi connectivity index (χ1) is 13.1. The molecule has 2 N–H and O–H groups in total. The number of anilines is 1. The van der Waals surface area contributed by atoms with Crippen LogP contribution in [0.2, 0.25) is 0 Å². The predicted octanol–water partition coefficient (Wildman–Crippen LogP) is 1.86. The van der Waals surface area contributed by atoms with E-state index in [1.165, 1.54) is 6.08 Å². The van der Waals surface area contributed by atoms with E-state index in [9.17, 15) is 9.59 Å². The van der Waals surface area contributed by atoms with Gasteiger partial charge in [0.2, 0.25) is 6.79 Å². The highest BCUT2D eigenvalue weighted by molar-refractivity contribution is 6.17. The van der Waals surface area contributed by atoms with E-state index in [0.29, 0.717) is 28.7 Å². The summed E-state index contributed by atoms with van der Waals surface area (Å²) in [6, 6.07) is 12.2. The summed E-state index contributed by atoms with van der Waals surface area (Å²) in [6.07, 6.45) is 1.22. The maximum absolute atomic E-state index is 12.1. The van der Waals surface area contributed by atoms with Crippen molar-refractivity contribution in [2.75, 3.05) is 25.3 Å². The Labute approximate surface area is 154 Å². The fourth-order valence-corrected chi connectivity index (χ4v) is 2.75. The lowest BCUT2D eigenvalue weighted by molar-refractivity contribution is -0.137. The van der Waals surface area contributed by atoms with Gasteiger partial charge in [0.15, 0.2) is 11.5 Å². The molecule has 2 aliphatic rings. The molecule has 0 saturated heterocycles. The van der Waals surface area contributed by atoms with E-state index < -0.39 is 11.8 Å². The van der Waals surface area contributed by atoms with Crippen molar-refractivity contribution in [3.05, 3.63) is 54.2 Å². The molecule has 0 fully saturated rings. The average Bonchev–Trinajstić information content (AvgIpc) is 3.23. The van der Waals surface area contributed by atoms with Crippen molar-refractivity contribution < 1.29 is 28.9 Å². The third kappa shape index (κ3) is 3.42. The molecule has 138 valence electrons. The number of nitrogens with one attached hydrogen (secondary N) is 1. The molecule has 2 heterocycles. The van der Waals surface area contributed by atoms with E-state index in [1.807, 2.05) is 0 Å². The van der Waals surface area contributed by atoms with Crippen LogP contribution < -0.4 is 19.5 Å². The van der Waals surface area contributed by atoms with Crippen molar-refractivity contribution in [1.82, 2.24) is 4.90 Å². The number of β-amino-alcohol motifs (C(OH)–C–C–N with tert-alkyl or cyclic N) is 1. The van der Waals surface area contributed by atoms with Crippen LogP contribution >= 0.6 is 0 Å². The molecular formula is C19H16N2O6. The lowest BCUT2D eigenvalue weighted by Gasteiger charge is -2.13. The number of aliphatic hydroxyl groups excluding tert-OH is 1. The normalized spacial score (nSPS) is 15.1. The number of imide groups is 1. The molecule has 2 aromatic rings. The van der Waals surface area contributed by atoms with Crippen LogP contribution in [0.15, 0.2) is 54.2 Å². The van der Waals surface area contributed by atoms with Gasteiger partial charge in [-0.1, -0.05) is 0 Å². The highest BCUT2D eigenvalue weighted by Gasteiger charge is 2.30. The van der Waals surface area contributed by atoms with E-state index in [0.717, 1.165) is 4.90 Å². The number of carbonyl (C=O) groups excluding carboxylic acids is 2. The van der Waals surface area contributed by atoms with Gasteiger partial charge in [-0.05, 0) is 36.4 Å². The molecule has 0 bridgehead atoms. The summed E-state index contributed by atoms with van der Waals surface area (Å²) in [6.45, 7) is -0.0991. The van der Waals surface area contributed by atoms with Crippen LogP contribution in [0.1, 0.15) is 0 Å². The number of nitrogens with zero attached hydrogens (tertiary/aromatic N) is 1. The molecule has 8 nitrogen and oxygen atoms in total. The molecule has 0 atom stereocenters. The van der Waals surface area contributed by atoms with Crippen LogP contribution in [0.5, 0.6) is 23.0 Å². The number of fused-ring (bicyclic) bond motifs is 1. The van der Waals surface area contributed by atoms with Gasteiger partial charge in [0, 0.05) is 17.8 Å². The van der Waals surface area contributed by atoms with Crippen LogP contribution in [0.3, 0.4) is 0 Å². The molecule has 0 radical (unpaired) electrons. The lowest BCUT2D eigenvalue weighted by atomic mass is 10.2. The molecule has 27 heavy (non-hydrogen) atoms. The minimum atomic E-state index is -0.463. The Balaban J connectivity index is 1.41. The number of benzene rings is 2. The quantitative estimate of drug-likeness (QED) is 0.751. The van der Waals surface area contributed by atoms with Crippen LogP contribution in [0.4, 0.5) is 5.69 Å². The molecule has 0 aliphatic carbocycles. The van der Waals surface area contributed by atoms with E-state index in [-0.39, 0.29) is 25.6 Å². The fraction of sp³-hybridized carbons (Fsp3) is 0.158. The Hall–Kier alpha value is -3.52. The van der Waals surface area contributed by atoms with Gasteiger partial charge in [0.05, 0.1) is 13.2 Å². The fourth-order valence-electron chi connectivity index (χ4n) is 2.75. The molecule has 2 aromatic carbocycles. The van der Waals surface area contributed by atoms with Crippen molar-refractivity contribution in [2.24, 2.45) is 0 Å². The van der Waals surface area contributed by atoms with Gasteiger partial charge in [0.25, 0.3) is 11.8 Å². The number of amides is 2. The maximum atomic E-state index is 12.1. The zero-order chi connectivity index (χ0) is 18.8. The molecule has 0 unspecified atom stereocenters. The largest absolute Gasteiger partial charge is 0.457 e. The van der Waals surface area contributed by atoms with Crippen molar-refractivity contribution in [3.63, 3.8) is 0 Å². The summed E-state index contributed by atoms with van der Waals surface area (Å²) in [5, 5.41) is 11.8. The zero-order valence-electron chi connectivity index (χ0n) is 14.2. The Morgan fingerprint density at radius 1 is 1.04 bits per heavy atom. The highest BCUT2D eigenvalue weighted by Crippen LogP contribution is 2.36. The topological polar surface area (TPSA) is 97.3 Å². The number of rotatable bonds is 6. The average molecular weight is 368 g/mol. The number of hydrogen-bond donors (Lipinski definition) is 2. The minimum Gasteiger partial charge on any atom is -0.457 e. The lowest BCUT2D eigenvalue weighted by Crippen LogP contribution is -2.34. The molecular weight excluding hydrogens is 352 g/mol. The number of carbonyl (C=O) groups is 2.